The fourth-order valence-electron chi connectivity index (χ4n) is 7.48. The molecular formula is C48H36N2S. The monoisotopic (exact) mass is 672 g/mol. The van der Waals surface area contributed by atoms with Gasteiger partial charge in [-0.3, -0.25) is 4.99 Å². The van der Waals surface area contributed by atoms with Gasteiger partial charge in [0.2, 0.25) is 0 Å². The quantitative estimate of drug-likeness (QED) is 0.161. The molecule has 0 radical (unpaired) electrons. The minimum atomic E-state index is -0.0502. The molecule has 8 aromatic rings. The van der Waals surface area contributed by atoms with Crippen LogP contribution in [0.5, 0.6) is 0 Å². The fraction of sp³-hybridized carbons (Fsp3) is 0.0833. The number of rotatable bonds is 7. The van der Waals surface area contributed by atoms with E-state index < -0.39 is 0 Å². The predicted octanol–water partition coefficient (Wildman–Crippen LogP) is 13.1. The zero-order valence-corrected chi connectivity index (χ0v) is 29.2. The second kappa shape index (κ2) is 13.4. The van der Waals surface area contributed by atoms with Gasteiger partial charge in [0.15, 0.2) is 5.84 Å². The molecule has 2 nitrogen and oxygen atoms in total. The number of nitrogens with zero attached hydrogens (tertiary/aromatic N) is 2. The molecule has 1 aromatic heterocycles. The molecule has 9 rings (SSSR count). The van der Waals surface area contributed by atoms with Crippen molar-refractivity contribution >= 4 is 43.1 Å². The number of thiophene rings is 1. The van der Waals surface area contributed by atoms with Gasteiger partial charge in [0.25, 0.3) is 0 Å². The topological polar surface area (TPSA) is 24.7 Å². The van der Waals surface area contributed by atoms with Crippen LogP contribution in [-0.2, 0) is 0 Å². The number of hydrogen-bond donors (Lipinski definition) is 0. The zero-order valence-electron chi connectivity index (χ0n) is 28.4. The van der Waals surface area contributed by atoms with Gasteiger partial charge in [0, 0.05) is 31.7 Å². The molecular weight excluding hydrogens is 637 g/mol. The molecule has 244 valence electrons. The Balaban J connectivity index is 1.21. The highest BCUT2D eigenvalue weighted by atomic mass is 32.1. The van der Waals surface area contributed by atoms with Crippen LogP contribution in [0.15, 0.2) is 186 Å². The molecule has 2 heterocycles. The first-order valence-corrected chi connectivity index (χ1v) is 18.5. The van der Waals surface area contributed by atoms with Crippen molar-refractivity contribution in [2.24, 2.45) is 15.9 Å². The van der Waals surface area contributed by atoms with E-state index in [0.717, 1.165) is 29.1 Å². The van der Waals surface area contributed by atoms with Gasteiger partial charge in [0.05, 0.1) is 11.8 Å². The van der Waals surface area contributed by atoms with Crippen molar-refractivity contribution in [3.05, 3.63) is 193 Å². The first kappa shape index (κ1) is 31.1. The standard InChI is InChI=1S/C48H36N2S/c1-2-41-46(36-18-10-5-11-19-36)49-48(37-26-27-43-42-20-12-13-21-44(42)51-45(43)31-37)50-47(41)40-29-38(33-16-8-4-9-17-33)28-39(30-40)35-24-22-34(23-25-35)32-14-6-3-7-15-32/h3-31,41,46H,2H2,1H3/t41-,46?/m0/s1. The molecule has 1 aliphatic heterocycles. The maximum absolute atomic E-state index is 5.51. The van der Waals surface area contributed by atoms with Crippen LogP contribution in [0.4, 0.5) is 0 Å². The highest BCUT2D eigenvalue weighted by Crippen LogP contribution is 2.40. The van der Waals surface area contributed by atoms with Crippen LogP contribution < -0.4 is 0 Å². The van der Waals surface area contributed by atoms with E-state index in [1.807, 2.05) is 11.3 Å². The molecule has 0 amide bonds. The largest absolute Gasteiger partial charge is 0.257 e. The predicted molar refractivity (Wildman–Crippen MR) is 218 cm³/mol. The van der Waals surface area contributed by atoms with Crippen LogP contribution in [0.25, 0.3) is 53.6 Å². The van der Waals surface area contributed by atoms with E-state index in [-0.39, 0.29) is 12.0 Å². The summed E-state index contributed by atoms with van der Waals surface area (Å²) in [6.07, 6.45) is 0.918. The van der Waals surface area contributed by atoms with Gasteiger partial charge in [-0.2, -0.15) is 0 Å². The van der Waals surface area contributed by atoms with Crippen molar-refractivity contribution in [3.63, 3.8) is 0 Å². The maximum atomic E-state index is 5.51. The van der Waals surface area contributed by atoms with E-state index in [4.69, 9.17) is 9.98 Å². The Hall–Kier alpha value is -5.90. The Bertz CT molecular complexity index is 2550. The van der Waals surface area contributed by atoms with Crippen molar-refractivity contribution in [1.29, 1.82) is 0 Å². The summed E-state index contributed by atoms with van der Waals surface area (Å²) in [4.78, 5) is 11.0. The highest BCUT2D eigenvalue weighted by molar-refractivity contribution is 7.25. The summed E-state index contributed by atoms with van der Waals surface area (Å²) in [5.41, 5.74) is 11.7. The van der Waals surface area contributed by atoms with Gasteiger partial charge < -0.3 is 0 Å². The molecule has 0 bridgehead atoms. The highest BCUT2D eigenvalue weighted by Gasteiger charge is 2.32. The third-order valence-corrected chi connectivity index (χ3v) is 11.2. The molecule has 2 atom stereocenters. The third kappa shape index (κ3) is 6.00. The molecule has 0 N–H and O–H groups in total. The molecule has 0 fully saturated rings. The first-order valence-electron chi connectivity index (χ1n) is 17.7. The van der Waals surface area contributed by atoms with Gasteiger partial charge in [-0.25, -0.2) is 4.99 Å². The lowest BCUT2D eigenvalue weighted by Crippen LogP contribution is -2.28. The second-order valence-electron chi connectivity index (χ2n) is 13.2. The van der Waals surface area contributed by atoms with Gasteiger partial charge in [-0.05, 0) is 81.3 Å². The van der Waals surface area contributed by atoms with E-state index >= 15 is 0 Å². The van der Waals surface area contributed by atoms with Gasteiger partial charge in [0.1, 0.15) is 0 Å². The van der Waals surface area contributed by atoms with E-state index in [1.165, 1.54) is 59.1 Å². The molecule has 7 aromatic carbocycles. The Labute approximate surface area is 303 Å². The summed E-state index contributed by atoms with van der Waals surface area (Å²) in [5.74, 6) is 0.908. The molecule has 0 aliphatic carbocycles. The second-order valence-corrected chi connectivity index (χ2v) is 14.3. The molecule has 3 heteroatoms. The minimum absolute atomic E-state index is 0.0502. The van der Waals surface area contributed by atoms with Gasteiger partial charge >= 0.3 is 0 Å². The van der Waals surface area contributed by atoms with Crippen molar-refractivity contribution in [2.75, 3.05) is 0 Å². The van der Waals surface area contributed by atoms with Crippen molar-refractivity contribution in [3.8, 4) is 33.4 Å². The summed E-state index contributed by atoms with van der Waals surface area (Å²) < 4.78 is 2.56. The van der Waals surface area contributed by atoms with Gasteiger partial charge in [-0.1, -0.05) is 153 Å². The summed E-state index contributed by atoms with van der Waals surface area (Å²) in [7, 11) is 0. The van der Waals surface area contributed by atoms with E-state index in [1.54, 1.807) is 0 Å². The van der Waals surface area contributed by atoms with E-state index in [2.05, 4.69) is 183 Å². The Morgan fingerprint density at radius 3 is 1.63 bits per heavy atom. The van der Waals surface area contributed by atoms with Crippen molar-refractivity contribution < 1.29 is 0 Å². The smallest absolute Gasteiger partial charge is 0.155 e. The number of benzene rings is 7. The summed E-state index contributed by atoms with van der Waals surface area (Å²) in [5, 5.41) is 2.58. The van der Waals surface area contributed by atoms with Gasteiger partial charge in [-0.15, -0.1) is 11.3 Å². The van der Waals surface area contributed by atoms with Crippen LogP contribution in [0.1, 0.15) is 36.1 Å². The first-order chi connectivity index (χ1) is 25.2. The Morgan fingerprint density at radius 1 is 0.451 bits per heavy atom. The lowest BCUT2D eigenvalue weighted by molar-refractivity contribution is 0.532. The van der Waals surface area contributed by atoms with E-state index in [9.17, 15) is 0 Å². The molecule has 51 heavy (non-hydrogen) atoms. The average molecular weight is 673 g/mol. The summed E-state index contributed by atoms with van der Waals surface area (Å²) in [6.45, 7) is 2.27. The number of amidine groups is 1. The third-order valence-electron chi connectivity index (χ3n) is 10.1. The van der Waals surface area contributed by atoms with Crippen molar-refractivity contribution in [1.82, 2.24) is 0 Å². The Morgan fingerprint density at radius 2 is 0.961 bits per heavy atom. The van der Waals surface area contributed by atoms with Crippen LogP contribution in [0.2, 0.25) is 0 Å². The molecule has 0 saturated carbocycles. The summed E-state index contributed by atoms with van der Waals surface area (Å²) >= 11 is 1.83. The Kier molecular flexibility index (Phi) is 8.19. The fourth-order valence-corrected chi connectivity index (χ4v) is 8.62. The number of hydrogen-bond acceptors (Lipinski definition) is 3. The minimum Gasteiger partial charge on any atom is -0.257 e. The normalized spacial score (nSPS) is 15.9. The molecule has 1 unspecified atom stereocenters. The summed E-state index contributed by atoms with van der Waals surface area (Å²) in [6, 6.07) is 63.3. The van der Waals surface area contributed by atoms with Crippen LogP contribution >= 0.6 is 11.3 Å². The number of fused-ring (bicyclic) bond motifs is 3. The van der Waals surface area contributed by atoms with E-state index in [0.29, 0.717) is 0 Å². The lowest BCUT2D eigenvalue weighted by Gasteiger charge is -2.30. The van der Waals surface area contributed by atoms with Crippen LogP contribution in [0, 0.1) is 5.92 Å². The average Bonchev–Trinajstić information content (AvgIpc) is 3.59. The van der Waals surface area contributed by atoms with Crippen LogP contribution in [0.3, 0.4) is 0 Å². The van der Waals surface area contributed by atoms with Crippen molar-refractivity contribution in [2.45, 2.75) is 19.4 Å². The number of aliphatic imine (C=N–C) groups is 2. The molecule has 1 aliphatic rings. The zero-order chi connectivity index (χ0) is 34.1. The SMILES string of the molecule is CC[C@@H]1C(c2cc(-c3ccccc3)cc(-c3ccc(-c4ccccc4)cc3)c2)=NC(c2ccc3c(c2)sc2ccccc23)=NC1c1ccccc1. The molecule has 0 saturated heterocycles. The lowest BCUT2D eigenvalue weighted by atomic mass is 9.81. The maximum Gasteiger partial charge on any atom is 0.155 e. The molecule has 0 spiro atoms. The van der Waals surface area contributed by atoms with Crippen LogP contribution in [-0.4, -0.2) is 11.5 Å².